The maximum absolute atomic E-state index is 11.8. The molecule has 2 amide bonds. The Morgan fingerprint density at radius 3 is 2.89 bits per heavy atom. The number of imide groups is 1. The smallest absolute Gasteiger partial charge is 0.234 e. The minimum atomic E-state index is -0.374. The lowest BCUT2D eigenvalue weighted by Gasteiger charge is -2.19. The molecule has 1 unspecified atom stereocenters. The zero-order chi connectivity index (χ0) is 13.4. The van der Waals surface area contributed by atoms with Gasteiger partial charge in [-0.15, -0.1) is 0 Å². The van der Waals surface area contributed by atoms with Gasteiger partial charge in [0.1, 0.15) is 11.9 Å². The maximum atomic E-state index is 11.8. The fraction of sp³-hybridized carbons (Fsp3) is 0.214. The summed E-state index contributed by atoms with van der Waals surface area (Å²) >= 11 is 0. The van der Waals surface area contributed by atoms with Crippen molar-refractivity contribution in [3.05, 3.63) is 35.6 Å². The summed E-state index contributed by atoms with van der Waals surface area (Å²) in [7, 11) is 0. The fourth-order valence-corrected chi connectivity index (χ4v) is 2.40. The number of piperidine rings is 1. The highest BCUT2D eigenvalue weighted by molar-refractivity contribution is 6.03. The molecule has 3 rings (SSSR count). The molecular formula is C14H11NO4. The van der Waals surface area contributed by atoms with Gasteiger partial charge in [-0.3, -0.25) is 19.7 Å². The van der Waals surface area contributed by atoms with E-state index in [2.05, 4.69) is 5.32 Å². The van der Waals surface area contributed by atoms with Crippen molar-refractivity contribution in [1.82, 2.24) is 5.32 Å². The summed E-state index contributed by atoms with van der Waals surface area (Å²) in [5.41, 5.74) is 1.86. The van der Waals surface area contributed by atoms with Crippen LogP contribution in [0.3, 0.4) is 0 Å². The molecule has 5 nitrogen and oxygen atoms in total. The van der Waals surface area contributed by atoms with Gasteiger partial charge in [0, 0.05) is 22.9 Å². The number of rotatable bonds is 2. The quantitative estimate of drug-likeness (QED) is 0.657. The van der Waals surface area contributed by atoms with Crippen molar-refractivity contribution >= 4 is 29.1 Å². The summed E-state index contributed by atoms with van der Waals surface area (Å²) in [6, 6.07) is 5.08. The Morgan fingerprint density at radius 1 is 1.32 bits per heavy atom. The van der Waals surface area contributed by atoms with Crippen molar-refractivity contribution in [2.75, 3.05) is 0 Å². The van der Waals surface area contributed by atoms with Crippen LogP contribution in [0.4, 0.5) is 0 Å². The first-order chi connectivity index (χ1) is 9.19. The Labute approximate surface area is 108 Å². The average Bonchev–Trinajstić information content (AvgIpc) is 2.81. The van der Waals surface area contributed by atoms with Crippen LogP contribution in [-0.4, -0.2) is 18.1 Å². The summed E-state index contributed by atoms with van der Waals surface area (Å²) in [5, 5.41) is 3.13. The van der Waals surface area contributed by atoms with Crippen LogP contribution in [-0.2, 0) is 9.59 Å². The van der Waals surface area contributed by atoms with Gasteiger partial charge in [0.2, 0.25) is 11.8 Å². The van der Waals surface area contributed by atoms with Gasteiger partial charge in [-0.2, -0.15) is 0 Å². The molecule has 1 atom stereocenters. The lowest BCUT2D eigenvalue weighted by molar-refractivity contribution is -0.134. The molecule has 1 fully saturated rings. The SMILES string of the molecule is O=Cc1ccc2c(C3CCC(=O)NC3=O)coc2c1. The Morgan fingerprint density at radius 2 is 2.16 bits per heavy atom. The molecule has 0 bridgehead atoms. The van der Waals surface area contributed by atoms with Crippen molar-refractivity contribution in [1.29, 1.82) is 0 Å². The van der Waals surface area contributed by atoms with Crippen molar-refractivity contribution < 1.29 is 18.8 Å². The topological polar surface area (TPSA) is 76.4 Å². The highest BCUT2D eigenvalue weighted by Gasteiger charge is 2.30. The van der Waals surface area contributed by atoms with E-state index in [0.29, 0.717) is 24.0 Å². The number of aldehydes is 1. The third-order valence-electron chi connectivity index (χ3n) is 3.38. The second kappa shape index (κ2) is 4.35. The molecule has 0 saturated carbocycles. The Bertz CT molecular complexity index is 686. The van der Waals surface area contributed by atoms with E-state index < -0.39 is 0 Å². The molecule has 19 heavy (non-hydrogen) atoms. The number of amides is 2. The van der Waals surface area contributed by atoms with Crippen molar-refractivity contribution in [3.63, 3.8) is 0 Å². The van der Waals surface area contributed by atoms with E-state index in [1.54, 1.807) is 18.2 Å². The number of carbonyl (C=O) groups excluding carboxylic acids is 3. The number of fused-ring (bicyclic) bond motifs is 1. The number of carbonyl (C=O) groups is 3. The predicted octanol–water partition coefficient (Wildman–Crippen LogP) is 1.77. The first kappa shape index (κ1) is 11.6. The number of nitrogens with one attached hydrogen (secondary N) is 1. The Balaban J connectivity index is 2.03. The number of hydrogen-bond donors (Lipinski definition) is 1. The highest BCUT2D eigenvalue weighted by Crippen LogP contribution is 2.32. The largest absolute Gasteiger partial charge is 0.464 e. The summed E-state index contributed by atoms with van der Waals surface area (Å²) in [6.07, 6.45) is 3.08. The Hall–Kier alpha value is -2.43. The monoisotopic (exact) mass is 257 g/mol. The van der Waals surface area contributed by atoms with Gasteiger partial charge in [-0.1, -0.05) is 12.1 Å². The van der Waals surface area contributed by atoms with E-state index in [9.17, 15) is 14.4 Å². The van der Waals surface area contributed by atoms with Crippen molar-refractivity contribution in [2.45, 2.75) is 18.8 Å². The zero-order valence-corrected chi connectivity index (χ0v) is 10.0. The normalized spacial score (nSPS) is 19.5. The van der Waals surface area contributed by atoms with Gasteiger partial charge >= 0.3 is 0 Å². The molecular weight excluding hydrogens is 246 g/mol. The standard InChI is InChI=1S/C14H11NO4/c16-6-8-1-2-9-11(7-19-12(9)5-8)10-3-4-13(17)15-14(10)18/h1-2,5-7,10H,3-4H2,(H,15,17,18). The number of furan rings is 1. The number of benzene rings is 1. The second-order valence-corrected chi connectivity index (χ2v) is 4.57. The van der Waals surface area contributed by atoms with E-state index in [0.717, 1.165) is 17.2 Å². The highest BCUT2D eigenvalue weighted by atomic mass is 16.3. The van der Waals surface area contributed by atoms with Crippen LogP contribution in [0, 0.1) is 0 Å². The molecule has 96 valence electrons. The number of hydrogen-bond acceptors (Lipinski definition) is 4. The van der Waals surface area contributed by atoms with Crippen LogP contribution in [0.1, 0.15) is 34.7 Å². The van der Waals surface area contributed by atoms with Gasteiger partial charge < -0.3 is 4.42 Å². The van der Waals surface area contributed by atoms with Gasteiger partial charge in [0.05, 0.1) is 12.2 Å². The van der Waals surface area contributed by atoms with Crippen molar-refractivity contribution in [2.24, 2.45) is 0 Å². The van der Waals surface area contributed by atoms with E-state index in [-0.39, 0.29) is 17.7 Å². The fourth-order valence-electron chi connectivity index (χ4n) is 2.40. The summed E-state index contributed by atoms with van der Waals surface area (Å²) < 4.78 is 5.40. The van der Waals surface area contributed by atoms with E-state index >= 15 is 0 Å². The third kappa shape index (κ3) is 1.93. The predicted molar refractivity (Wildman–Crippen MR) is 66.7 cm³/mol. The Kier molecular flexibility index (Phi) is 2.67. The second-order valence-electron chi connectivity index (χ2n) is 4.57. The molecule has 0 radical (unpaired) electrons. The van der Waals surface area contributed by atoms with E-state index in [1.165, 1.54) is 6.26 Å². The molecule has 0 aliphatic carbocycles. The van der Waals surface area contributed by atoms with Crippen molar-refractivity contribution in [3.8, 4) is 0 Å². The maximum Gasteiger partial charge on any atom is 0.234 e. The minimum Gasteiger partial charge on any atom is -0.464 e. The molecule has 2 aromatic rings. The van der Waals surface area contributed by atoms with E-state index in [1.807, 2.05) is 0 Å². The summed E-state index contributed by atoms with van der Waals surface area (Å²) in [5.74, 6) is -0.906. The molecule has 1 aromatic carbocycles. The van der Waals surface area contributed by atoms with Gasteiger partial charge in [0.15, 0.2) is 0 Å². The zero-order valence-electron chi connectivity index (χ0n) is 10.0. The van der Waals surface area contributed by atoms with Gasteiger partial charge in [0.25, 0.3) is 0 Å². The minimum absolute atomic E-state index is 0.239. The van der Waals surface area contributed by atoms with Gasteiger partial charge in [-0.25, -0.2) is 0 Å². The first-order valence-corrected chi connectivity index (χ1v) is 5.99. The molecule has 1 aromatic heterocycles. The van der Waals surface area contributed by atoms with Crippen LogP contribution in [0.5, 0.6) is 0 Å². The van der Waals surface area contributed by atoms with E-state index in [4.69, 9.17) is 4.42 Å². The lowest BCUT2D eigenvalue weighted by atomic mass is 9.90. The summed E-state index contributed by atoms with van der Waals surface area (Å²) in [4.78, 5) is 33.7. The third-order valence-corrected chi connectivity index (χ3v) is 3.38. The molecule has 1 aliphatic rings. The van der Waals surface area contributed by atoms with Crippen LogP contribution in [0.15, 0.2) is 28.9 Å². The van der Waals surface area contributed by atoms with Crippen LogP contribution in [0.25, 0.3) is 11.0 Å². The van der Waals surface area contributed by atoms with Gasteiger partial charge in [-0.05, 0) is 12.5 Å². The lowest BCUT2D eigenvalue weighted by Crippen LogP contribution is -2.39. The molecule has 1 N–H and O–H groups in total. The van der Waals surface area contributed by atoms with Crippen LogP contribution in [0.2, 0.25) is 0 Å². The molecule has 2 heterocycles. The molecule has 0 spiro atoms. The van der Waals surface area contributed by atoms with Crippen LogP contribution >= 0.6 is 0 Å². The molecule has 1 aliphatic heterocycles. The average molecular weight is 257 g/mol. The first-order valence-electron chi connectivity index (χ1n) is 5.99. The summed E-state index contributed by atoms with van der Waals surface area (Å²) in [6.45, 7) is 0. The van der Waals surface area contributed by atoms with Crippen LogP contribution < -0.4 is 5.32 Å². The molecule has 5 heteroatoms. The molecule has 1 saturated heterocycles.